The van der Waals surface area contributed by atoms with Gasteiger partial charge in [-0.2, -0.15) is 13.1 Å². The Morgan fingerprint density at radius 1 is 1.47 bits per heavy atom. The Morgan fingerprint density at radius 2 is 2.00 bits per heavy atom. The van der Waals surface area contributed by atoms with Crippen LogP contribution in [0, 0.1) is 0 Å². The predicted octanol–water partition coefficient (Wildman–Crippen LogP) is -0.697. The molecule has 0 saturated heterocycles. The third-order valence-electron chi connectivity index (χ3n) is 1.48. The number of amides is 1. The first-order valence-electron chi connectivity index (χ1n) is 4.40. The van der Waals surface area contributed by atoms with Crippen molar-refractivity contribution in [3.63, 3.8) is 0 Å². The summed E-state index contributed by atoms with van der Waals surface area (Å²) in [5, 5.41) is 0. The van der Waals surface area contributed by atoms with Gasteiger partial charge in [-0.3, -0.25) is 0 Å². The molecule has 0 aliphatic heterocycles. The van der Waals surface area contributed by atoms with E-state index < -0.39 is 16.3 Å². The summed E-state index contributed by atoms with van der Waals surface area (Å²) in [5.41, 5.74) is 5.49. The molecule has 0 aliphatic rings. The highest BCUT2D eigenvalue weighted by Gasteiger charge is 2.17. The number of hydrogen-bond acceptors (Lipinski definition) is 5. The molecule has 8 heteroatoms. The van der Waals surface area contributed by atoms with Crippen molar-refractivity contribution < 1.29 is 17.9 Å². The number of hydrogen-bond donors (Lipinski definition) is 3. The van der Waals surface area contributed by atoms with E-state index in [0.29, 0.717) is 6.42 Å². The fourth-order valence-corrected chi connectivity index (χ4v) is 2.04. The molecule has 0 aromatic rings. The van der Waals surface area contributed by atoms with Crippen LogP contribution in [-0.4, -0.2) is 33.7 Å². The second-order valence-corrected chi connectivity index (χ2v) is 4.78. The van der Waals surface area contributed by atoms with Crippen LogP contribution in [0.25, 0.3) is 0 Å². The lowest BCUT2D eigenvalue weighted by atomic mass is 10.1. The SMILES string of the molecule is COC(=O)NS(=O)(=O)NC(C)CC(C)N. The molecule has 0 aliphatic carbocycles. The number of carbonyl (C=O) groups excluding carboxylic acids is 1. The predicted molar refractivity (Wildman–Crippen MR) is 55.3 cm³/mol. The van der Waals surface area contributed by atoms with Crippen LogP contribution >= 0.6 is 0 Å². The minimum absolute atomic E-state index is 0.124. The van der Waals surface area contributed by atoms with Gasteiger partial charge >= 0.3 is 16.3 Å². The average Bonchev–Trinajstić information content (AvgIpc) is 1.99. The summed E-state index contributed by atoms with van der Waals surface area (Å²) in [6.07, 6.45) is -0.558. The van der Waals surface area contributed by atoms with Crippen LogP contribution < -0.4 is 15.2 Å². The fraction of sp³-hybridized carbons (Fsp3) is 0.857. The van der Waals surface area contributed by atoms with E-state index in [9.17, 15) is 13.2 Å². The van der Waals surface area contributed by atoms with Crippen molar-refractivity contribution in [1.29, 1.82) is 0 Å². The summed E-state index contributed by atoms with van der Waals surface area (Å²) >= 11 is 0. The van der Waals surface area contributed by atoms with Crippen molar-refractivity contribution in [3.8, 4) is 0 Å². The zero-order valence-corrected chi connectivity index (χ0v) is 9.80. The molecular formula is C7H17N3O4S. The van der Waals surface area contributed by atoms with Crippen molar-refractivity contribution in [1.82, 2.24) is 9.44 Å². The van der Waals surface area contributed by atoms with Gasteiger partial charge in [0.05, 0.1) is 7.11 Å². The highest BCUT2D eigenvalue weighted by atomic mass is 32.2. The zero-order chi connectivity index (χ0) is 12.1. The molecule has 0 fully saturated rings. The van der Waals surface area contributed by atoms with Gasteiger partial charge in [-0.1, -0.05) is 0 Å². The van der Waals surface area contributed by atoms with Gasteiger partial charge in [0.1, 0.15) is 0 Å². The van der Waals surface area contributed by atoms with E-state index in [1.807, 2.05) is 0 Å². The minimum Gasteiger partial charge on any atom is -0.452 e. The summed E-state index contributed by atoms with van der Waals surface area (Å²) in [7, 11) is -2.79. The smallest absolute Gasteiger partial charge is 0.421 e. The van der Waals surface area contributed by atoms with Crippen molar-refractivity contribution in [2.24, 2.45) is 5.73 Å². The Balaban J connectivity index is 4.20. The first kappa shape index (κ1) is 14.1. The van der Waals surface area contributed by atoms with Crippen LogP contribution in [0.5, 0.6) is 0 Å². The Labute approximate surface area is 89.5 Å². The minimum atomic E-state index is -3.87. The third-order valence-corrected chi connectivity index (χ3v) is 2.63. The van der Waals surface area contributed by atoms with Gasteiger partial charge in [-0.25, -0.2) is 9.52 Å². The summed E-state index contributed by atoms with van der Waals surface area (Å²) in [5.74, 6) is 0. The van der Waals surface area contributed by atoms with Crippen LogP contribution in [0.3, 0.4) is 0 Å². The molecule has 15 heavy (non-hydrogen) atoms. The van der Waals surface area contributed by atoms with Crippen molar-refractivity contribution in [3.05, 3.63) is 0 Å². The van der Waals surface area contributed by atoms with E-state index in [0.717, 1.165) is 7.11 Å². The molecule has 0 radical (unpaired) electrons. The molecule has 1 amide bonds. The molecular weight excluding hydrogens is 222 g/mol. The van der Waals surface area contributed by atoms with Crippen molar-refractivity contribution in [2.75, 3.05) is 7.11 Å². The quantitative estimate of drug-likeness (QED) is 0.587. The number of ether oxygens (including phenoxy) is 1. The standard InChI is InChI=1S/C7H17N3O4S/c1-5(8)4-6(2)9-15(12,13)10-7(11)14-3/h5-6,9H,4,8H2,1-3H3,(H,10,11). The Bertz CT molecular complexity index is 301. The second kappa shape index (κ2) is 5.89. The largest absolute Gasteiger partial charge is 0.452 e. The number of methoxy groups -OCH3 is 1. The molecule has 0 aromatic heterocycles. The van der Waals surface area contributed by atoms with Crippen LogP contribution in [0.1, 0.15) is 20.3 Å². The molecule has 2 unspecified atom stereocenters. The topological polar surface area (TPSA) is 111 Å². The number of nitrogens with two attached hydrogens (primary N) is 1. The van der Waals surface area contributed by atoms with Crippen LogP contribution in [-0.2, 0) is 14.9 Å². The molecule has 0 saturated carbocycles. The maximum Gasteiger partial charge on any atom is 0.421 e. The third kappa shape index (κ3) is 7.11. The lowest BCUT2D eigenvalue weighted by Crippen LogP contribution is -2.45. The monoisotopic (exact) mass is 239 g/mol. The average molecular weight is 239 g/mol. The molecule has 0 aromatic carbocycles. The summed E-state index contributed by atoms with van der Waals surface area (Å²) in [6.45, 7) is 3.42. The number of carbonyl (C=O) groups is 1. The molecule has 90 valence electrons. The van der Waals surface area contributed by atoms with Gasteiger partial charge < -0.3 is 10.5 Å². The van der Waals surface area contributed by atoms with E-state index in [2.05, 4.69) is 9.46 Å². The molecule has 7 nitrogen and oxygen atoms in total. The highest BCUT2D eigenvalue weighted by molar-refractivity contribution is 7.88. The lowest BCUT2D eigenvalue weighted by Gasteiger charge is -2.15. The molecule has 2 atom stereocenters. The summed E-state index contributed by atoms with van der Waals surface area (Å²) in [6, 6.07) is -0.479. The second-order valence-electron chi connectivity index (χ2n) is 3.33. The van der Waals surface area contributed by atoms with E-state index >= 15 is 0 Å². The van der Waals surface area contributed by atoms with Gasteiger partial charge in [0.25, 0.3) is 0 Å². The van der Waals surface area contributed by atoms with Crippen LogP contribution in [0.15, 0.2) is 0 Å². The zero-order valence-electron chi connectivity index (χ0n) is 8.98. The highest BCUT2D eigenvalue weighted by Crippen LogP contribution is 1.96. The maximum atomic E-state index is 11.2. The Morgan fingerprint density at radius 3 is 2.40 bits per heavy atom. The molecule has 0 rings (SSSR count). The first-order valence-corrected chi connectivity index (χ1v) is 5.88. The van der Waals surface area contributed by atoms with E-state index in [4.69, 9.17) is 5.73 Å². The first-order chi connectivity index (χ1) is 6.76. The molecule has 0 spiro atoms. The number of nitrogens with one attached hydrogen (secondary N) is 2. The Kier molecular flexibility index (Phi) is 5.55. The molecule has 0 bridgehead atoms. The van der Waals surface area contributed by atoms with Crippen LogP contribution in [0.2, 0.25) is 0 Å². The van der Waals surface area contributed by atoms with Gasteiger partial charge in [-0.05, 0) is 20.3 Å². The van der Waals surface area contributed by atoms with Gasteiger partial charge in [0, 0.05) is 12.1 Å². The lowest BCUT2D eigenvalue weighted by molar-refractivity contribution is 0.177. The van der Waals surface area contributed by atoms with E-state index in [-0.39, 0.29) is 12.1 Å². The van der Waals surface area contributed by atoms with E-state index in [1.54, 1.807) is 18.6 Å². The van der Waals surface area contributed by atoms with Gasteiger partial charge in [0.2, 0.25) is 0 Å². The maximum absolute atomic E-state index is 11.2. The van der Waals surface area contributed by atoms with E-state index in [1.165, 1.54) is 0 Å². The van der Waals surface area contributed by atoms with Gasteiger partial charge in [0.15, 0.2) is 0 Å². The van der Waals surface area contributed by atoms with Crippen molar-refractivity contribution in [2.45, 2.75) is 32.4 Å². The normalized spacial score (nSPS) is 15.5. The fourth-order valence-electron chi connectivity index (χ4n) is 1.05. The van der Waals surface area contributed by atoms with Crippen molar-refractivity contribution >= 4 is 16.3 Å². The molecule has 4 N–H and O–H groups in total. The summed E-state index contributed by atoms with van der Waals surface area (Å²) in [4.78, 5) is 10.7. The number of rotatable bonds is 5. The molecule has 0 heterocycles. The van der Waals surface area contributed by atoms with Gasteiger partial charge in [-0.15, -0.1) is 0 Å². The van der Waals surface area contributed by atoms with Crippen LogP contribution in [0.4, 0.5) is 4.79 Å². The Hall–Kier alpha value is -0.860. The summed E-state index contributed by atoms with van der Waals surface area (Å²) < 4.78 is 30.5.